The summed E-state index contributed by atoms with van der Waals surface area (Å²) in [6, 6.07) is 14.5. The van der Waals surface area contributed by atoms with E-state index in [-0.39, 0.29) is 0 Å². The first kappa shape index (κ1) is 38.0. The molecule has 2 nitrogen and oxygen atoms in total. The minimum atomic E-state index is 0.962. The summed E-state index contributed by atoms with van der Waals surface area (Å²) in [5, 5.41) is 0. The predicted molar refractivity (Wildman–Crippen MR) is 202 cm³/mol. The molecule has 1 heterocycles. The SMILES string of the molecule is CCCCCCc1cc(CCCCCC)cc(C2=CC(CCCC)=C(c3cc(CCCCCC)cc(CCCCCC)c3)[N+]2=[N-])c1. The molecule has 1 aliphatic rings. The van der Waals surface area contributed by atoms with Crippen LogP contribution in [0.1, 0.15) is 190 Å². The molecule has 2 aromatic rings. The van der Waals surface area contributed by atoms with Gasteiger partial charge in [-0.3, -0.25) is 0 Å². The Morgan fingerprint density at radius 3 is 1.15 bits per heavy atom. The summed E-state index contributed by atoms with van der Waals surface area (Å²) in [5.74, 6) is 0. The van der Waals surface area contributed by atoms with Gasteiger partial charge in [0.05, 0.1) is 0 Å². The van der Waals surface area contributed by atoms with Gasteiger partial charge in [0, 0.05) is 22.8 Å². The second-order valence-corrected chi connectivity index (χ2v) is 14.1. The highest BCUT2D eigenvalue weighted by molar-refractivity contribution is 5.79. The van der Waals surface area contributed by atoms with Gasteiger partial charge in [-0.2, -0.15) is 0 Å². The van der Waals surface area contributed by atoms with Crippen LogP contribution in [-0.2, 0) is 25.7 Å². The highest BCUT2D eigenvalue weighted by Crippen LogP contribution is 2.39. The Hall–Kier alpha value is -2.48. The third-order valence-electron chi connectivity index (χ3n) is 9.81. The molecule has 254 valence electrons. The first-order valence-electron chi connectivity index (χ1n) is 19.7. The molecular formula is C44H68N2. The lowest BCUT2D eigenvalue weighted by atomic mass is 9.94. The maximum atomic E-state index is 12.1. The Morgan fingerprint density at radius 2 is 0.783 bits per heavy atom. The van der Waals surface area contributed by atoms with Crippen LogP contribution in [-0.4, -0.2) is 4.70 Å². The van der Waals surface area contributed by atoms with Crippen LogP contribution < -0.4 is 0 Å². The molecule has 0 radical (unpaired) electrons. The molecule has 0 fully saturated rings. The van der Waals surface area contributed by atoms with Crippen LogP contribution in [0.2, 0.25) is 0 Å². The molecule has 0 unspecified atom stereocenters. The second-order valence-electron chi connectivity index (χ2n) is 14.1. The van der Waals surface area contributed by atoms with E-state index in [9.17, 15) is 5.53 Å². The predicted octanol–water partition coefficient (Wildman–Crippen LogP) is 14.2. The smallest absolute Gasteiger partial charge is 0.210 e. The number of unbranched alkanes of at least 4 members (excludes halogenated alkanes) is 13. The van der Waals surface area contributed by atoms with Gasteiger partial charge in [-0.15, -0.1) is 0 Å². The number of rotatable bonds is 25. The summed E-state index contributed by atoms with van der Waals surface area (Å²) in [5.41, 5.74) is 23.5. The second kappa shape index (κ2) is 22.2. The maximum absolute atomic E-state index is 12.1. The standard InChI is InChI=1S/C44H68N2/c1-6-11-16-20-24-36-29-37(25-21-17-12-7-2)32-41(31-36)43-35-40(28-15-10-5)44(46(43)45)42-33-38(26-22-18-13-8-3)30-39(34-42)27-23-19-14-9-4/h29-35H,6-28H2,1-5H3. The summed E-state index contributed by atoms with van der Waals surface area (Å²) in [7, 11) is 0. The van der Waals surface area contributed by atoms with E-state index in [0.29, 0.717) is 0 Å². The average Bonchev–Trinajstić information content (AvgIpc) is 3.40. The lowest BCUT2D eigenvalue weighted by molar-refractivity contribution is -0.344. The van der Waals surface area contributed by atoms with E-state index in [0.717, 1.165) is 56.3 Å². The average molecular weight is 625 g/mol. The minimum Gasteiger partial charge on any atom is -0.493 e. The molecule has 3 rings (SSSR count). The lowest BCUT2D eigenvalue weighted by Gasteiger charge is -2.15. The van der Waals surface area contributed by atoms with Crippen LogP contribution in [0.25, 0.3) is 16.9 Å². The number of benzene rings is 2. The van der Waals surface area contributed by atoms with E-state index in [2.05, 4.69) is 77.1 Å². The van der Waals surface area contributed by atoms with Gasteiger partial charge in [0.2, 0.25) is 11.4 Å². The summed E-state index contributed by atoms with van der Waals surface area (Å²) in [4.78, 5) is 0. The quantitative estimate of drug-likeness (QED) is 0.0776. The molecule has 0 spiro atoms. The maximum Gasteiger partial charge on any atom is 0.210 e. The summed E-state index contributed by atoms with van der Waals surface area (Å²) in [6.45, 7) is 11.4. The highest BCUT2D eigenvalue weighted by Gasteiger charge is 2.29. The molecule has 2 aromatic carbocycles. The number of aryl methyl sites for hydroxylation is 4. The number of hydrogen-bond acceptors (Lipinski definition) is 0. The highest BCUT2D eigenvalue weighted by atomic mass is 15.2. The van der Waals surface area contributed by atoms with Crippen LogP contribution in [0.4, 0.5) is 0 Å². The Bertz CT molecular complexity index is 1190. The molecule has 0 atom stereocenters. The molecule has 0 amide bonds. The normalized spacial score (nSPS) is 13.2. The van der Waals surface area contributed by atoms with Crippen LogP contribution in [0.15, 0.2) is 48.0 Å². The fourth-order valence-corrected chi connectivity index (χ4v) is 7.03. The summed E-state index contributed by atoms with van der Waals surface area (Å²) in [6.07, 6.45) is 30.6. The molecule has 0 N–H and O–H groups in total. The zero-order valence-corrected chi connectivity index (χ0v) is 30.7. The van der Waals surface area contributed by atoms with Crippen molar-refractivity contribution in [3.63, 3.8) is 0 Å². The minimum absolute atomic E-state index is 0.962. The van der Waals surface area contributed by atoms with Gasteiger partial charge in [-0.25, -0.2) is 4.70 Å². The first-order valence-corrected chi connectivity index (χ1v) is 19.7. The van der Waals surface area contributed by atoms with Crippen LogP contribution in [0, 0.1) is 0 Å². The van der Waals surface area contributed by atoms with Gasteiger partial charge in [0.25, 0.3) is 0 Å². The van der Waals surface area contributed by atoms with Crippen LogP contribution >= 0.6 is 0 Å². The Kier molecular flexibility index (Phi) is 18.3. The molecule has 0 aromatic heterocycles. The van der Waals surface area contributed by atoms with E-state index in [1.807, 2.05) is 0 Å². The molecule has 0 saturated heterocycles. The molecule has 46 heavy (non-hydrogen) atoms. The van der Waals surface area contributed by atoms with Crippen molar-refractivity contribution in [2.75, 3.05) is 0 Å². The van der Waals surface area contributed by atoms with Gasteiger partial charge in [-0.1, -0.05) is 130 Å². The fraction of sp³-hybridized carbons (Fsp3) is 0.636. The van der Waals surface area contributed by atoms with Crippen molar-refractivity contribution < 1.29 is 4.70 Å². The van der Waals surface area contributed by atoms with Gasteiger partial charge < -0.3 is 5.53 Å². The fourth-order valence-electron chi connectivity index (χ4n) is 7.03. The first-order chi connectivity index (χ1) is 22.5. The number of nitrogens with zero attached hydrogens (tertiary/aromatic N) is 2. The van der Waals surface area contributed by atoms with E-state index < -0.39 is 0 Å². The van der Waals surface area contributed by atoms with Crippen molar-refractivity contribution >= 4 is 11.4 Å². The zero-order chi connectivity index (χ0) is 33.0. The lowest BCUT2D eigenvalue weighted by Crippen LogP contribution is -2.05. The largest absolute Gasteiger partial charge is 0.493 e. The van der Waals surface area contributed by atoms with Gasteiger partial charge in [0.1, 0.15) is 0 Å². The Morgan fingerprint density at radius 1 is 0.413 bits per heavy atom. The molecule has 0 bridgehead atoms. The van der Waals surface area contributed by atoms with E-state index in [1.54, 1.807) is 4.70 Å². The molecule has 0 saturated carbocycles. The monoisotopic (exact) mass is 625 g/mol. The van der Waals surface area contributed by atoms with Gasteiger partial charge in [-0.05, 0) is 111 Å². The Labute approximate surface area is 284 Å². The third-order valence-corrected chi connectivity index (χ3v) is 9.81. The Balaban J connectivity index is 1.97. The van der Waals surface area contributed by atoms with Crippen molar-refractivity contribution in [1.82, 2.24) is 0 Å². The van der Waals surface area contributed by atoms with E-state index in [1.165, 1.54) is 142 Å². The van der Waals surface area contributed by atoms with Gasteiger partial charge >= 0.3 is 0 Å². The van der Waals surface area contributed by atoms with E-state index in [4.69, 9.17) is 0 Å². The van der Waals surface area contributed by atoms with E-state index >= 15 is 0 Å². The van der Waals surface area contributed by atoms with Crippen LogP contribution in [0.5, 0.6) is 0 Å². The molecular weight excluding hydrogens is 556 g/mol. The van der Waals surface area contributed by atoms with Crippen molar-refractivity contribution in [3.8, 4) is 0 Å². The summed E-state index contributed by atoms with van der Waals surface area (Å²) >= 11 is 0. The number of hydrogen-bond donors (Lipinski definition) is 0. The van der Waals surface area contributed by atoms with Crippen LogP contribution in [0.3, 0.4) is 0 Å². The zero-order valence-electron chi connectivity index (χ0n) is 30.7. The molecule has 2 heteroatoms. The topological polar surface area (TPSA) is 25.3 Å². The van der Waals surface area contributed by atoms with Crippen molar-refractivity contribution in [1.29, 1.82) is 0 Å². The van der Waals surface area contributed by atoms with Gasteiger partial charge in [0.15, 0.2) is 0 Å². The third kappa shape index (κ3) is 12.6. The van der Waals surface area contributed by atoms with Crippen molar-refractivity contribution in [2.24, 2.45) is 0 Å². The molecule has 1 aliphatic heterocycles. The van der Waals surface area contributed by atoms with Crippen molar-refractivity contribution in [3.05, 3.63) is 87.0 Å². The summed E-state index contributed by atoms with van der Waals surface area (Å²) < 4.78 is 1.57. The van der Waals surface area contributed by atoms with Crippen molar-refractivity contribution in [2.45, 2.75) is 182 Å². The number of allylic oxidation sites excluding steroid dienone is 2. The molecule has 0 aliphatic carbocycles.